The van der Waals surface area contributed by atoms with Gasteiger partial charge in [0.25, 0.3) is 0 Å². The summed E-state index contributed by atoms with van der Waals surface area (Å²) in [4.78, 5) is 22.7. The molecule has 2 N–H and O–H groups in total. The second-order valence-electron chi connectivity index (χ2n) is 7.32. The molecule has 1 aromatic carbocycles. The number of unbranched alkanes of at least 4 members (excludes halogenated alkanes) is 1. The fourth-order valence-corrected chi connectivity index (χ4v) is 3.04. The van der Waals surface area contributed by atoms with Crippen LogP contribution in [0.2, 0.25) is 0 Å². The van der Waals surface area contributed by atoms with E-state index in [1.807, 2.05) is 0 Å². The summed E-state index contributed by atoms with van der Waals surface area (Å²) >= 11 is 0. The Bertz CT molecular complexity index is 547. The standard InChI is InChI=1S/C20H29NO3/c1-14(2)13-15-7-9-16(10-8-15)20(17-11-12-17)21-18(22)5-3-4-6-19(23)24/h7-10,14,17,20H,3-6,11-13H2,1-2H3,(H,21,22)(H,23,24). The van der Waals surface area contributed by atoms with Crippen LogP contribution in [0, 0.1) is 11.8 Å². The van der Waals surface area contributed by atoms with Gasteiger partial charge in [0, 0.05) is 12.8 Å². The lowest BCUT2D eigenvalue weighted by Crippen LogP contribution is -2.29. The van der Waals surface area contributed by atoms with E-state index >= 15 is 0 Å². The van der Waals surface area contributed by atoms with Crippen molar-refractivity contribution in [2.45, 2.75) is 64.8 Å². The van der Waals surface area contributed by atoms with E-state index in [1.54, 1.807) is 0 Å². The summed E-state index contributed by atoms with van der Waals surface area (Å²) in [6.07, 6.45) is 5.13. The number of nitrogens with one attached hydrogen (secondary N) is 1. The maximum atomic E-state index is 12.2. The van der Waals surface area contributed by atoms with Crippen molar-refractivity contribution in [1.29, 1.82) is 0 Å². The molecule has 0 heterocycles. The molecule has 0 bridgehead atoms. The van der Waals surface area contributed by atoms with Crippen molar-refractivity contribution < 1.29 is 14.7 Å². The quantitative estimate of drug-likeness (QED) is 0.634. The highest BCUT2D eigenvalue weighted by molar-refractivity contribution is 5.76. The highest BCUT2D eigenvalue weighted by Gasteiger charge is 2.33. The lowest BCUT2D eigenvalue weighted by molar-refractivity contribution is -0.137. The molecule has 132 valence electrons. The molecule has 4 heteroatoms. The highest BCUT2D eigenvalue weighted by Crippen LogP contribution is 2.41. The Morgan fingerprint density at radius 1 is 1.12 bits per heavy atom. The SMILES string of the molecule is CC(C)Cc1ccc(C(NC(=O)CCCCC(=O)O)C2CC2)cc1. The largest absolute Gasteiger partial charge is 0.481 e. The van der Waals surface area contributed by atoms with E-state index in [0.717, 1.165) is 19.3 Å². The molecule has 1 atom stereocenters. The third kappa shape index (κ3) is 6.34. The lowest BCUT2D eigenvalue weighted by atomic mass is 9.97. The van der Waals surface area contributed by atoms with E-state index < -0.39 is 5.97 Å². The van der Waals surface area contributed by atoms with Crippen LogP contribution in [0.1, 0.15) is 69.5 Å². The predicted molar refractivity (Wildman–Crippen MR) is 94.7 cm³/mol. The van der Waals surface area contributed by atoms with Crippen LogP contribution < -0.4 is 5.32 Å². The summed E-state index contributed by atoms with van der Waals surface area (Å²) in [5.74, 6) is 0.417. The predicted octanol–water partition coefficient (Wildman–Crippen LogP) is 4.10. The van der Waals surface area contributed by atoms with Crippen molar-refractivity contribution in [2.24, 2.45) is 11.8 Å². The van der Waals surface area contributed by atoms with Crippen molar-refractivity contribution in [3.8, 4) is 0 Å². The molecule has 4 nitrogen and oxygen atoms in total. The molecule has 1 aliphatic rings. The number of rotatable bonds is 10. The number of carboxylic acid groups (broad SMARTS) is 1. The number of amides is 1. The van der Waals surface area contributed by atoms with Crippen molar-refractivity contribution in [2.75, 3.05) is 0 Å². The average Bonchev–Trinajstić information content (AvgIpc) is 3.34. The van der Waals surface area contributed by atoms with E-state index in [0.29, 0.717) is 31.1 Å². The molecule has 0 spiro atoms. The second kappa shape index (κ2) is 8.86. The first-order valence-electron chi connectivity index (χ1n) is 9.05. The van der Waals surface area contributed by atoms with Crippen LogP contribution in [-0.4, -0.2) is 17.0 Å². The zero-order chi connectivity index (χ0) is 17.5. The summed E-state index contributed by atoms with van der Waals surface area (Å²) < 4.78 is 0. The molecule has 1 fully saturated rings. The molecule has 0 radical (unpaired) electrons. The van der Waals surface area contributed by atoms with Gasteiger partial charge in [-0.15, -0.1) is 0 Å². The van der Waals surface area contributed by atoms with Crippen LogP contribution in [-0.2, 0) is 16.0 Å². The highest BCUT2D eigenvalue weighted by atomic mass is 16.4. The maximum Gasteiger partial charge on any atom is 0.303 e. The molecule has 1 aromatic rings. The van der Waals surface area contributed by atoms with Crippen LogP contribution in [0.3, 0.4) is 0 Å². The zero-order valence-electron chi connectivity index (χ0n) is 14.8. The van der Waals surface area contributed by atoms with Crippen molar-refractivity contribution >= 4 is 11.9 Å². The molecule has 0 aliphatic heterocycles. The molecular weight excluding hydrogens is 302 g/mol. The Labute approximate surface area is 144 Å². The monoisotopic (exact) mass is 331 g/mol. The van der Waals surface area contributed by atoms with Gasteiger partial charge in [-0.1, -0.05) is 38.1 Å². The summed E-state index contributed by atoms with van der Waals surface area (Å²) in [7, 11) is 0. The number of benzene rings is 1. The van der Waals surface area contributed by atoms with Crippen LogP contribution in [0.15, 0.2) is 24.3 Å². The average molecular weight is 331 g/mol. The first-order valence-corrected chi connectivity index (χ1v) is 9.05. The summed E-state index contributed by atoms with van der Waals surface area (Å²) in [5, 5.41) is 11.8. The third-order valence-electron chi connectivity index (χ3n) is 4.44. The molecule has 0 saturated heterocycles. The number of carboxylic acids is 1. The zero-order valence-corrected chi connectivity index (χ0v) is 14.8. The molecule has 1 aliphatic carbocycles. The first-order chi connectivity index (χ1) is 11.5. The molecule has 2 rings (SSSR count). The minimum absolute atomic E-state index is 0.0311. The van der Waals surface area contributed by atoms with Gasteiger partial charge in [0.2, 0.25) is 5.91 Å². The Morgan fingerprint density at radius 3 is 2.29 bits per heavy atom. The van der Waals surface area contributed by atoms with Gasteiger partial charge in [-0.3, -0.25) is 9.59 Å². The smallest absolute Gasteiger partial charge is 0.303 e. The second-order valence-corrected chi connectivity index (χ2v) is 7.32. The fraction of sp³-hybridized carbons (Fsp3) is 0.600. The van der Waals surface area contributed by atoms with Gasteiger partial charge in [-0.25, -0.2) is 0 Å². The Morgan fingerprint density at radius 2 is 1.75 bits per heavy atom. The van der Waals surface area contributed by atoms with Gasteiger partial charge in [0.1, 0.15) is 0 Å². The van der Waals surface area contributed by atoms with E-state index in [4.69, 9.17) is 5.11 Å². The van der Waals surface area contributed by atoms with Gasteiger partial charge in [-0.05, 0) is 55.1 Å². The van der Waals surface area contributed by atoms with Crippen LogP contribution >= 0.6 is 0 Å². The van der Waals surface area contributed by atoms with Crippen LogP contribution in [0.5, 0.6) is 0 Å². The number of hydrogen-bond donors (Lipinski definition) is 2. The summed E-state index contributed by atoms with van der Waals surface area (Å²) in [6, 6.07) is 8.73. The van der Waals surface area contributed by atoms with Crippen molar-refractivity contribution in [3.63, 3.8) is 0 Å². The minimum atomic E-state index is -0.798. The minimum Gasteiger partial charge on any atom is -0.481 e. The maximum absolute atomic E-state index is 12.2. The van der Waals surface area contributed by atoms with Gasteiger partial charge in [-0.2, -0.15) is 0 Å². The Kier molecular flexibility index (Phi) is 6.83. The molecule has 0 aromatic heterocycles. The van der Waals surface area contributed by atoms with Crippen LogP contribution in [0.4, 0.5) is 0 Å². The van der Waals surface area contributed by atoms with E-state index in [9.17, 15) is 9.59 Å². The molecule has 1 amide bonds. The number of aliphatic carboxylic acids is 1. The topological polar surface area (TPSA) is 66.4 Å². The normalized spacial score (nSPS) is 15.3. The molecule has 1 unspecified atom stereocenters. The van der Waals surface area contributed by atoms with Gasteiger partial charge in [0.05, 0.1) is 6.04 Å². The Balaban J connectivity index is 1.87. The molecular formula is C20H29NO3. The van der Waals surface area contributed by atoms with E-state index in [-0.39, 0.29) is 18.4 Å². The molecule has 1 saturated carbocycles. The van der Waals surface area contributed by atoms with E-state index in [2.05, 4.69) is 43.4 Å². The van der Waals surface area contributed by atoms with Gasteiger partial charge >= 0.3 is 5.97 Å². The number of carbonyl (C=O) groups excluding carboxylic acids is 1. The van der Waals surface area contributed by atoms with Gasteiger partial charge < -0.3 is 10.4 Å². The first kappa shape index (κ1) is 18.5. The van der Waals surface area contributed by atoms with Crippen molar-refractivity contribution in [1.82, 2.24) is 5.32 Å². The van der Waals surface area contributed by atoms with Crippen LogP contribution in [0.25, 0.3) is 0 Å². The van der Waals surface area contributed by atoms with E-state index in [1.165, 1.54) is 11.1 Å². The Hall–Kier alpha value is -1.84. The number of hydrogen-bond acceptors (Lipinski definition) is 2. The summed E-state index contributed by atoms with van der Waals surface area (Å²) in [6.45, 7) is 4.43. The fourth-order valence-electron chi connectivity index (χ4n) is 3.04. The van der Waals surface area contributed by atoms with Crippen molar-refractivity contribution in [3.05, 3.63) is 35.4 Å². The number of carbonyl (C=O) groups is 2. The lowest BCUT2D eigenvalue weighted by Gasteiger charge is -2.19. The molecule has 24 heavy (non-hydrogen) atoms. The van der Waals surface area contributed by atoms with Gasteiger partial charge in [0.15, 0.2) is 0 Å². The third-order valence-corrected chi connectivity index (χ3v) is 4.44. The summed E-state index contributed by atoms with van der Waals surface area (Å²) in [5.41, 5.74) is 2.52.